The van der Waals surface area contributed by atoms with E-state index in [1.165, 1.54) is 18.4 Å². The molecule has 19 heavy (non-hydrogen) atoms. The van der Waals surface area contributed by atoms with Crippen LogP contribution in [0.5, 0.6) is 0 Å². The van der Waals surface area contributed by atoms with Crippen LogP contribution in [-0.4, -0.2) is 26.8 Å². The Morgan fingerprint density at radius 2 is 1.89 bits per heavy atom. The van der Waals surface area contributed by atoms with Crippen molar-refractivity contribution < 1.29 is 12.8 Å². The summed E-state index contributed by atoms with van der Waals surface area (Å²) < 4.78 is 30.8. The van der Waals surface area contributed by atoms with Gasteiger partial charge in [0, 0.05) is 14.1 Å². The number of rotatable bonds is 5. The standard InChI is InChI=1S/C13H16N2O3S/c1-15(2)19(16,17)13-8-4-3-7-12(13)14-10-11-6-5-9-18-11/h3-9,14H,10H2,1-2H3. The molecular weight excluding hydrogens is 264 g/mol. The highest BCUT2D eigenvalue weighted by molar-refractivity contribution is 7.89. The lowest BCUT2D eigenvalue weighted by Crippen LogP contribution is -2.23. The number of para-hydroxylation sites is 1. The summed E-state index contributed by atoms with van der Waals surface area (Å²) in [5.74, 6) is 0.747. The molecule has 0 bridgehead atoms. The molecule has 0 amide bonds. The summed E-state index contributed by atoms with van der Waals surface area (Å²) in [6.45, 7) is 0.437. The number of hydrogen-bond donors (Lipinski definition) is 1. The monoisotopic (exact) mass is 280 g/mol. The first-order chi connectivity index (χ1) is 9.01. The van der Waals surface area contributed by atoms with Crippen LogP contribution in [0, 0.1) is 0 Å². The zero-order chi connectivity index (χ0) is 13.9. The van der Waals surface area contributed by atoms with E-state index >= 15 is 0 Å². The molecule has 0 radical (unpaired) electrons. The second kappa shape index (κ2) is 5.46. The van der Waals surface area contributed by atoms with Gasteiger partial charge in [-0.15, -0.1) is 0 Å². The van der Waals surface area contributed by atoms with Gasteiger partial charge in [-0.25, -0.2) is 12.7 Å². The Bertz CT molecular complexity index is 634. The van der Waals surface area contributed by atoms with E-state index in [0.29, 0.717) is 12.2 Å². The van der Waals surface area contributed by atoms with Crippen molar-refractivity contribution in [1.82, 2.24) is 4.31 Å². The van der Waals surface area contributed by atoms with Gasteiger partial charge in [-0.3, -0.25) is 0 Å². The zero-order valence-corrected chi connectivity index (χ0v) is 11.6. The quantitative estimate of drug-likeness (QED) is 0.911. The molecule has 0 aliphatic heterocycles. The van der Waals surface area contributed by atoms with Gasteiger partial charge in [0.1, 0.15) is 10.7 Å². The molecule has 0 saturated carbocycles. The highest BCUT2D eigenvalue weighted by Crippen LogP contribution is 2.23. The van der Waals surface area contributed by atoms with Gasteiger partial charge < -0.3 is 9.73 Å². The van der Waals surface area contributed by atoms with Crippen LogP contribution in [0.4, 0.5) is 5.69 Å². The number of hydrogen-bond acceptors (Lipinski definition) is 4. The molecule has 0 atom stereocenters. The van der Waals surface area contributed by atoms with Gasteiger partial charge in [-0.1, -0.05) is 12.1 Å². The van der Waals surface area contributed by atoms with Crippen LogP contribution in [0.15, 0.2) is 52.0 Å². The number of anilines is 1. The van der Waals surface area contributed by atoms with E-state index in [2.05, 4.69) is 5.32 Å². The minimum atomic E-state index is -3.46. The SMILES string of the molecule is CN(C)S(=O)(=O)c1ccccc1NCc1ccco1. The van der Waals surface area contributed by atoms with Crippen molar-refractivity contribution in [2.45, 2.75) is 11.4 Å². The number of nitrogens with one attached hydrogen (secondary N) is 1. The van der Waals surface area contributed by atoms with Crippen molar-refractivity contribution in [3.05, 3.63) is 48.4 Å². The van der Waals surface area contributed by atoms with E-state index in [1.807, 2.05) is 6.07 Å². The van der Waals surface area contributed by atoms with E-state index < -0.39 is 10.0 Å². The molecule has 0 saturated heterocycles. The second-order valence-corrected chi connectivity index (χ2v) is 6.34. The molecule has 102 valence electrons. The van der Waals surface area contributed by atoms with Crippen LogP contribution in [0.25, 0.3) is 0 Å². The Hall–Kier alpha value is -1.79. The summed E-state index contributed by atoms with van der Waals surface area (Å²) in [6, 6.07) is 10.4. The molecule has 1 heterocycles. The molecule has 6 heteroatoms. The first-order valence-electron chi connectivity index (χ1n) is 5.79. The maximum absolute atomic E-state index is 12.2. The summed E-state index contributed by atoms with van der Waals surface area (Å²) in [5.41, 5.74) is 0.563. The van der Waals surface area contributed by atoms with Gasteiger partial charge in [-0.2, -0.15) is 0 Å². The number of benzene rings is 1. The molecule has 0 spiro atoms. The fraction of sp³-hybridized carbons (Fsp3) is 0.231. The molecule has 0 fully saturated rings. The van der Waals surface area contributed by atoms with E-state index in [1.54, 1.807) is 36.6 Å². The van der Waals surface area contributed by atoms with Crippen LogP contribution >= 0.6 is 0 Å². The Kier molecular flexibility index (Phi) is 3.92. The lowest BCUT2D eigenvalue weighted by atomic mass is 10.3. The van der Waals surface area contributed by atoms with Crippen LogP contribution in [-0.2, 0) is 16.6 Å². The largest absolute Gasteiger partial charge is 0.467 e. The van der Waals surface area contributed by atoms with Crippen molar-refractivity contribution in [3.8, 4) is 0 Å². The number of nitrogens with zero attached hydrogens (tertiary/aromatic N) is 1. The van der Waals surface area contributed by atoms with Crippen LogP contribution < -0.4 is 5.32 Å². The van der Waals surface area contributed by atoms with E-state index in [-0.39, 0.29) is 4.90 Å². The highest BCUT2D eigenvalue weighted by Gasteiger charge is 2.20. The van der Waals surface area contributed by atoms with E-state index in [4.69, 9.17) is 4.42 Å². The molecule has 0 aliphatic rings. The fourth-order valence-corrected chi connectivity index (χ4v) is 2.69. The van der Waals surface area contributed by atoms with Gasteiger partial charge in [0.05, 0.1) is 18.5 Å². The van der Waals surface area contributed by atoms with Gasteiger partial charge in [0.15, 0.2) is 0 Å². The Morgan fingerprint density at radius 3 is 2.53 bits per heavy atom. The van der Waals surface area contributed by atoms with Crippen molar-refractivity contribution in [2.24, 2.45) is 0 Å². The molecule has 5 nitrogen and oxygen atoms in total. The summed E-state index contributed by atoms with van der Waals surface area (Å²) in [6.07, 6.45) is 1.58. The molecule has 0 unspecified atom stereocenters. The number of sulfonamides is 1. The molecule has 1 aromatic carbocycles. The predicted octanol–water partition coefficient (Wildman–Crippen LogP) is 2.14. The van der Waals surface area contributed by atoms with Crippen LogP contribution in [0.1, 0.15) is 5.76 Å². The first kappa shape index (κ1) is 13.6. The normalized spacial score (nSPS) is 11.7. The van der Waals surface area contributed by atoms with Gasteiger partial charge in [-0.05, 0) is 24.3 Å². The van der Waals surface area contributed by atoms with E-state index in [9.17, 15) is 8.42 Å². The van der Waals surface area contributed by atoms with E-state index in [0.717, 1.165) is 5.76 Å². The lowest BCUT2D eigenvalue weighted by Gasteiger charge is -2.15. The predicted molar refractivity (Wildman–Crippen MR) is 73.3 cm³/mol. The van der Waals surface area contributed by atoms with Gasteiger partial charge >= 0.3 is 0 Å². The number of furan rings is 1. The van der Waals surface area contributed by atoms with Crippen molar-refractivity contribution in [1.29, 1.82) is 0 Å². The topological polar surface area (TPSA) is 62.6 Å². The maximum Gasteiger partial charge on any atom is 0.244 e. The summed E-state index contributed by atoms with van der Waals surface area (Å²) in [4.78, 5) is 0.256. The average molecular weight is 280 g/mol. The molecule has 2 aromatic rings. The van der Waals surface area contributed by atoms with Gasteiger partial charge in [0.2, 0.25) is 10.0 Å². The smallest absolute Gasteiger partial charge is 0.244 e. The molecule has 1 N–H and O–H groups in total. The Labute approximate surface area is 112 Å². The van der Waals surface area contributed by atoms with Crippen molar-refractivity contribution in [2.75, 3.05) is 19.4 Å². The third-order valence-corrected chi connectivity index (χ3v) is 4.55. The maximum atomic E-state index is 12.2. The van der Waals surface area contributed by atoms with Crippen molar-refractivity contribution >= 4 is 15.7 Å². The second-order valence-electron chi connectivity index (χ2n) is 4.22. The molecule has 0 aliphatic carbocycles. The summed E-state index contributed by atoms with van der Waals surface area (Å²) in [7, 11) is -0.433. The fourth-order valence-electron chi connectivity index (χ4n) is 1.63. The minimum Gasteiger partial charge on any atom is -0.467 e. The third kappa shape index (κ3) is 2.97. The minimum absolute atomic E-state index is 0.256. The molecular formula is C13H16N2O3S. The first-order valence-corrected chi connectivity index (χ1v) is 7.23. The van der Waals surface area contributed by atoms with Gasteiger partial charge in [0.25, 0.3) is 0 Å². The highest BCUT2D eigenvalue weighted by atomic mass is 32.2. The van der Waals surface area contributed by atoms with Crippen molar-refractivity contribution in [3.63, 3.8) is 0 Å². The Morgan fingerprint density at radius 1 is 1.16 bits per heavy atom. The zero-order valence-electron chi connectivity index (χ0n) is 10.8. The third-order valence-electron chi connectivity index (χ3n) is 2.68. The molecule has 1 aromatic heterocycles. The Balaban J connectivity index is 2.27. The van der Waals surface area contributed by atoms with Crippen LogP contribution in [0.3, 0.4) is 0 Å². The van der Waals surface area contributed by atoms with Crippen LogP contribution in [0.2, 0.25) is 0 Å². The summed E-state index contributed by atoms with van der Waals surface area (Å²) in [5, 5.41) is 3.08. The lowest BCUT2D eigenvalue weighted by molar-refractivity contribution is 0.515. The average Bonchev–Trinajstić information content (AvgIpc) is 2.89. The summed E-state index contributed by atoms with van der Waals surface area (Å²) >= 11 is 0. The molecule has 2 rings (SSSR count).